The predicted molar refractivity (Wildman–Crippen MR) is 130 cm³/mol. The van der Waals surface area contributed by atoms with Crippen molar-refractivity contribution in [2.75, 3.05) is 11.6 Å². The number of carbonyl (C=O) groups is 1. The van der Waals surface area contributed by atoms with Crippen LogP contribution in [0, 0.1) is 0 Å². The molecule has 1 atom stereocenters. The van der Waals surface area contributed by atoms with Crippen LogP contribution in [-0.2, 0) is 16.1 Å². The number of carbonyl (C=O) groups excluding carboxylic acids is 1. The first-order valence-electron chi connectivity index (χ1n) is 10.6. The molecule has 0 saturated carbocycles. The van der Waals surface area contributed by atoms with E-state index in [1.807, 2.05) is 49.4 Å². The molecule has 9 heteroatoms. The van der Waals surface area contributed by atoms with Crippen LogP contribution in [0.5, 0.6) is 0 Å². The van der Waals surface area contributed by atoms with E-state index in [1.165, 1.54) is 16.3 Å². The molecule has 2 aromatic heterocycles. The molecule has 33 heavy (non-hydrogen) atoms. The number of ether oxygens (including phenoxy) is 1. The third kappa shape index (κ3) is 4.88. The van der Waals surface area contributed by atoms with Crippen molar-refractivity contribution in [3.63, 3.8) is 0 Å². The van der Waals surface area contributed by atoms with Gasteiger partial charge in [-0.3, -0.25) is 14.2 Å². The van der Waals surface area contributed by atoms with Crippen LogP contribution in [0.3, 0.4) is 0 Å². The third-order valence-electron chi connectivity index (χ3n) is 5.06. The quantitative estimate of drug-likeness (QED) is 0.320. The number of aromatic nitrogens is 3. The highest BCUT2D eigenvalue weighted by Gasteiger charge is 2.21. The molecule has 0 aliphatic rings. The van der Waals surface area contributed by atoms with Crippen LogP contribution in [0.25, 0.3) is 21.9 Å². The van der Waals surface area contributed by atoms with Gasteiger partial charge in [0.05, 0.1) is 6.04 Å². The molecule has 1 N–H and O–H groups in total. The zero-order valence-electron chi connectivity index (χ0n) is 19.2. The van der Waals surface area contributed by atoms with Gasteiger partial charge in [0.15, 0.2) is 5.16 Å². The number of nitrogens with one attached hydrogen (secondary N) is 1. The number of thioether (sulfide) groups is 1. The molecule has 0 aliphatic heterocycles. The van der Waals surface area contributed by atoms with E-state index in [0.717, 1.165) is 27.5 Å². The third-order valence-corrected chi connectivity index (χ3v) is 5.73. The minimum Gasteiger partial charge on any atom is -0.459 e. The summed E-state index contributed by atoms with van der Waals surface area (Å²) in [6.07, 6.45) is 1.77. The number of nitrogens with zero attached hydrogens (tertiary/aromatic N) is 3. The first-order valence-corrected chi connectivity index (χ1v) is 11.8. The van der Waals surface area contributed by atoms with E-state index >= 15 is 0 Å². The smallest absolute Gasteiger partial charge is 0.326 e. The zero-order valence-corrected chi connectivity index (χ0v) is 20.0. The van der Waals surface area contributed by atoms with E-state index < -0.39 is 17.1 Å². The minimum absolute atomic E-state index is 0.0704. The summed E-state index contributed by atoms with van der Waals surface area (Å²) in [7, 11) is 0. The lowest BCUT2D eigenvalue weighted by atomic mass is 10.0. The lowest BCUT2D eigenvalue weighted by Crippen LogP contribution is -2.33. The summed E-state index contributed by atoms with van der Waals surface area (Å²) in [5.41, 5.74) is 1.51. The van der Waals surface area contributed by atoms with Crippen LogP contribution >= 0.6 is 11.8 Å². The van der Waals surface area contributed by atoms with Gasteiger partial charge in [-0.15, -0.1) is 10.2 Å². The number of fused-ring (bicyclic) bond motifs is 3. The molecule has 2 heterocycles. The van der Waals surface area contributed by atoms with Gasteiger partial charge in [0.25, 0.3) is 5.56 Å². The van der Waals surface area contributed by atoms with Gasteiger partial charge in [-0.25, -0.2) is 0 Å². The van der Waals surface area contributed by atoms with Crippen LogP contribution in [0.4, 0.5) is 5.82 Å². The maximum Gasteiger partial charge on any atom is 0.326 e. The summed E-state index contributed by atoms with van der Waals surface area (Å²) in [5.74, 6) is -0.440. The second-order valence-corrected chi connectivity index (χ2v) is 9.51. The Balaban J connectivity index is 1.62. The highest BCUT2D eigenvalue weighted by molar-refractivity contribution is 7.98. The lowest BCUT2D eigenvalue weighted by Gasteiger charge is -2.20. The molecule has 0 spiro atoms. The highest BCUT2D eigenvalue weighted by Crippen LogP contribution is 2.31. The van der Waals surface area contributed by atoms with Crippen LogP contribution in [0.15, 0.2) is 56.8 Å². The summed E-state index contributed by atoms with van der Waals surface area (Å²) in [6.45, 7) is 7.04. The number of hydrogen-bond acceptors (Lipinski definition) is 8. The van der Waals surface area contributed by atoms with E-state index in [4.69, 9.17) is 9.15 Å². The van der Waals surface area contributed by atoms with E-state index in [9.17, 15) is 9.59 Å². The van der Waals surface area contributed by atoms with Gasteiger partial charge >= 0.3 is 5.97 Å². The average molecular weight is 467 g/mol. The normalized spacial score (nSPS) is 12.8. The van der Waals surface area contributed by atoms with Crippen molar-refractivity contribution in [1.29, 1.82) is 0 Å². The molecule has 0 fully saturated rings. The summed E-state index contributed by atoms with van der Waals surface area (Å²) in [5, 5.41) is 13.7. The molecule has 0 saturated heterocycles. The molecule has 0 unspecified atom stereocenters. The molecule has 0 amide bonds. The molecule has 4 rings (SSSR count). The Morgan fingerprint density at radius 2 is 1.88 bits per heavy atom. The molecule has 0 radical (unpaired) electrons. The standard InChI is InChI=1S/C24H26N4O4S/c1-14(15-10-11-19-17(12-15)16-8-6-7-9-18(16)31-19)25-21-22(30)28(23(33-5)27-26-21)13-20(29)32-24(2,3)4/h6-12,14H,13H2,1-5H3,(H,25,26)/t14-/m1/s1. The first kappa shape index (κ1) is 22.8. The van der Waals surface area contributed by atoms with Gasteiger partial charge in [0.2, 0.25) is 5.82 Å². The van der Waals surface area contributed by atoms with E-state index in [2.05, 4.69) is 15.5 Å². The second kappa shape index (κ2) is 8.90. The van der Waals surface area contributed by atoms with Crippen LogP contribution in [0.2, 0.25) is 0 Å². The number of para-hydroxylation sites is 1. The number of rotatable bonds is 6. The Hall–Kier alpha value is -3.33. The van der Waals surface area contributed by atoms with Gasteiger partial charge in [0, 0.05) is 10.8 Å². The van der Waals surface area contributed by atoms with Crippen LogP contribution in [0.1, 0.15) is 39.3 Å². The number of hydrogen-bond donors (Lipinski definition) is 1. The SMILES string of the molecule is CSc1nnc(N[C@H](C)c2ccc3oc4ccccc4c3c2)c(=O)n1CC(=O)OC(C)(C)C. The summed E-state index contributed by atoms with van der Waals surface area (Å²) in [6, 6.07) is 13.5. The van der Waals surface area contributed by atoms with Crippen LogP contribution in [-0.4, -0.2) is 32.6 Å². The zero-order chi connectivity index (χ0) is 23.8. The van der Waals surface area contributed by atoms with Crippen molar-refractivity contribution in [2.24, 2.45) is 0 Å². The van der Waals surface area contributed by atoms with Gasteiger partial charge in [-0.05, 0) is 57.7 Å². The van der Waals surface area contributed by atoms with E-state index in [0.29, 0.717) is 5.16 Å². The lowest BCUT2D eigenvalue weighted by molar-refractivity contribution is -0.155. The monoisotopic (exact) mass is 466 g/mol. The summed E-state index contributed by atoms with van der Waals surface area (Å²) >= 11 is 1.24. The minimum atomic E-state index is -0.647. The van der Waals surface area contributed by atoms with E-state index in [1.54, 1.807) is 27.0 Å². The van der Waals surface area contributed by atoms with Gasteiger partial charge in [-0.1, -0.05) is 36.0 Å². The predicted octanol–water partition coefficient (Wildman–Crippen LogP) is 4.77. The largest absolute Gasteiger partial charge is 0.459 e. The van der Waals surface area contributed by atoms with Crippen LogP contribution < -0.4 is 10.9 Å². The van der Waals surface area contributed by atoms with Crippen molar-refractivity contribution in [3.8, 4) is 0 Å². The van der Waals surface area contributed by atoms with Crippen molar-refractivity contribution in [2.45, 2.75) is 51.0 Å². The fraction of sp³-hybridized carbons (Fsp3) is 0.333. The van der Waals surface area contributed by atoms with Crippen molar-refractivity contribution < 1.29 is 13.9 Å². The Morgan fingerprint density at radius 3 is 2.61 bits per heavy atom. The Labute approximate surface area is 195 Å². The molecule has 2 aromatic carbocycles. The number of esters is 1. The first-order chi connectivity index (χ1) is 15.7. The number of furan rings is 1. The molecule has 0 bridgehead atoms. The molecule has 8 nitrogen and oxygen atoms in total. The molecular formula is C24H26N4O4S. The number of anilines is 1. The van der Waals surface area contributed by atoms with Gasteiger partial charge in [-0.2, -0.15) is 0 Å². The van der Waals surface area contributed by atoms with E-state index in [-0.39, 0.29) is 18.4 Å². The number of benzene rings is 2. The van der Waals surface area contributed by atoms with Gasteiger partial charge < -0.3 is 14.5 Å². The summed E-state index contributed by atoms with van der Waals surface area (Å²) in [4.78, 5) is 25.5. The van der Waals surface area contributed by atoms with Crippen molar-refractivity contribution >= 4 is 45.5 Å². The Morgan fingerprint density at radius 1 is 1.15 bits per heavy atom. The Kier molecular flexibility index (Phi) is 6.16. The molecule has 4 aromatic rings. The fourth-order valence-corrected chi connectivity index (χ4v) is 4.08. The van der Waals surface area contributed by atoms with Crippen molar-refractivity contribution in [1.82, 2.24) is 14.8 Å². The molecule has 172 valence electrons. The van der Waals surface area contributed by atoms with Gasteiger partial charge in [0.1, 0.15) is 23.3 Å². The molecule has 0 aliphatic carbocycles. The fourth-order valence-electron chi connectivity index (χ4n) is 3.59. The highest BCUT2D eigenvalue weighted by atomic mass is 32.2. The average Bonchev–Trinajstić information content (AvgIpc) is 3.13. The second-order valence-electron chi connectivity index (χ2n) is 8.73. The topological polar surface area (TPSA) is 99.3 Å². The maximum atomic E-state index is 13.1. The maximum absolute atomic E-state index is 13.1. The van der Waals surface area contributed by atoms with Crippen molar-refractivity contribution in [3.05, 3.63) is 58.4 Å². The molecular weight excluding hydrogens is 440 g/mol. The summed E-state index contributed by atoms with van der Waals surface area (Å²) < 4.78 is 12.5. The Bertz CT molecular complexity index is 1390.